The third-order valence-electron chi connectivity index (χ3n) is 6.23. The smallest absolute Gasteiger partial charge is 0.126 e. The van der Waals surface area contributed by atoms with Gasteiger partial charge in [-0.1, -0.05) is 56.2 Å². The van der Waals surface area contributed by atoms with Gasteiger partial charge in [-0.15, -0.1) is 0 Å². The molecule has 3 nitrogen and oxygen atoms in total. The summed E-state index contributed by atoms with van der Waals surface area (Å²) < 4.78 is 0. The summed E-state index contributed by atoms with van der Waals surface area (Å²) in [5.74, 6) is 0.704. The molecule has 0 spiro atoms. The molecule has 0 atom stereocenters. The first-order chi connectivity index (χ1) is 14.5. The van der Waals surface area contributed by atoms with E-state index in [4.69, 9.17) is 5.73 Å². The number of anilines is 1. The van der Waals surface area contributed by atoms with Crippen LogP contribution in [-0.2, 0) is 25.8 Å². The van der Waals surface area contributed by atoms with E-state index in [1.807, 2.05) is 0 Å². The number of unbranched alkanes of at least 4 members (excludes halogenated alkanes) is 2. The van der Waals surface area contributed by atoms with Gasteiger partial charge in [-0.2, -0.15) is 0 Å². The Bertz CT molecular complexity index is 863. The van der Waals surface area contributed by atoms with Gasteiger partial charge >= 0.3 is 0 Å². The van der Waals surface area contributed by atoms with E-state index in [0.29, 0.717) is 5.82 Å². The molecule has 0 aliphatic carbocycles. The molecule has 0 unspecified atom stereocenters. The zero-order valence-corrected chi connectivity index (χ0v) is 19.3. The minimum absolute atomic E-state index is 0.704. The van der Waals surface area contributed by atoms with Gasteiger partial charge in [0.2, 0.25) is 0 Å². The van der Waals surface area contributed by atoms with Crippen molar-refractivity contribution in [1.29, 1.82) is 0 Å². The molecule has 1 aromatic heterocycles. The number of nitrogens with zero attached hydrogens (tertiary/aromatic N) is 2. The summed E-state index contributed by atoms with van der Waals surface area (Å²) in [5.41, 5.74) is 15.2. The van der Waals surface area contributed by atoms with Crippen LogP contribution in [0.5, 0.6) is 0 Å². The number of allylic oxidation sites excluding steroid dienone is 1. The first-order valence-corrected chi connectivity index (χ1v) is 11.7. The molecule has 30 heavy (non-hydrogen) atoms. The Morgan fingerprint density at radius 2 is 1.83 bits per heavy atom. The predicted octanol–water partition coefficient (Wildman–Crippen LogP) is 6.01. The van der Waals surface area contributed by atoms with Crippen LogP contribution < -0.4 is 5.73 Å². The summed E-state index contributed by atoms with van der Waals surface area (Å²) >= 11 is 0. The lowest BCUT2D eigenvalue weighted by Crippen LogP contribution is -2.18. The highest BCUT2D eigenvalue weighted by Gasteiger charge is 2.14. The van der Waals surface area contributed by atoms with Crippen LogP contribution in [0.1, 0.15) is 79.5 Å². The van der Waals surface area contributed by atoms with Crippen LogP contribution >= 0.6 is 0 Å². The van der Waals surface area contributed by atoms with Crippen molar-refractivity contribution in [3.8, 4) is 0 Å². The fourth-order valence-corrected chi connectivity index (χ4v) is 4.50. The van der Waals surface area contributed by atoms with Crippen LogP contribution in [0.3, 0.4) is 0 Å². The summed E-state index contributed by atoms with van der Waals surface area (Å²) in [6.45, 7) is 14.1. The van der Waals surface area contributed by atoms with Crippen molar-refractivity contribution in [3.05, 3.63) is 69.9 Å². The zero-order chi connectivity index (χ0) is 21.5. The number of aromatic nitrogens is 1. The molecule has 0 amide bonds. The Labute approximate surface area is 183 Å². The van der Waals surface area contributed by atoms with Gasteiger partial charge in [0.05, 0.1) is 0 Å². The fraction of sp³-hybridized carbons (Fsp3) is 0.519. The standard InChI is InChI=1S/C27H39N3/c1-5-6-7-10-24-18-25(21(4)29-27(24)28)17-23-12-11-22(16-26(23)15-20(2)3)19-30-13-8-9-14-30/h11-12,16,18H,2,5-10,13-15,17,19H2,1,3-4H3,(H2,28,29). The van der Waals surface area contributed by atoms with Gasteiger partial charge in [0.1, 0.15) is 5.82 Å². The summed E-state index contributed by atoms with van der Waals surface area (Å²) in [5, 5.41) is 0. The number of nitrogens with two attached hydrogens (primary N) is 1. The van der Waals surface area contributed by atoms with Crippen molar-refractivity contribution in [3.63, 3.8) is 0 Å². The summed E-state index contributed by atoms with van der Waals surface area (Å²) in [6, 6.07) is 9.36. The highest BCUT2D eigenvalue weighted by atomic mass is 15.1. The van der Waals surface area contributed by atoms with Gasteiger partial charge in [-0.05, 0) is 93.3 Å². The SMILES string of the molecule is C=C(C)Cc1cc(CN2CCCC2)ccc1Cc1cc(CCCCC)c(N)nc1C. The third kappa shape index (κ3) is 6.18. The maximum absolute atomic E-state index is 6.23. The highest BCUT2D eigenvalue weighted by Crippen LogP contribution is 2.24. The maximum Gasteiger partial charge on any atom is 0.126 e. The Balaban J connectivity index is 1.83. The van der Waals surface area contributed by atoms with Gasteiger partial charge in [-0.3, -0.25) is 4.90 Å². The molecule has 0 bridgehead atoms. The molecule has 2 heterocycles. The van der Waals surface area contributed by atoms with Crippen molar-refractivity contribution in [2.24, 2.45) is 0 Å². The molecule has 0 radical (unpaired) electrons. The molecule has 1 aliphatic rings. The minimum Gasteiger partial charge on any atom is -0.383 e. The normalized spacial score (nSPS) is 14.4. The van der Waals surface area contributed by atoms with Crippen LogP contribution in [0.25, 0.3) is 0 Å². The van der Waals surface area contributed by atoms with Crippen molar-refractivity contribution in [2.45, 2.75) is 78.7 Å². The van der Waals surface area contributed by atoms with Crippen molar-refractivity contribution >= 4 is 5.82 Å². The second-order valence-electron chi connectivity index (χ2n) is 9.13. The number of pyridine rings is 1. The number of hydrogen-bond donors (Lipinski definition) is 1. The lowest BCUT2D eigenvalue weighted by atomic mass is 9.92. The van der Waals surface area contributed by atoms with E-state index in [0.717, 1.165) is 31.5 Å². The number of likely N-dealkylation sites (tertiary alicyclic amines) is 1. The van der Waals surface area contributed by atoms with E-state index < -0.39 is 0 Å². The maximum atomic E-state index is 6.23. The second kappa shape index (κ2) is 10.8. The third-order valence-corrected chi connectivity index (χ3v) is 6.23. The Morgan fingerprint density at radius 3 is 2.53 bits per heavy atom. The largest absolute Gasteiger partial charge is 0.383 e. The lowest BCUT2D eigenvalue weighted by molar-refractivity contribution is 0.331. The van der Waals surface area contributed by atoms with Gasteiger partial charge in [-0.25, -0.2) is 4.98 Å². The van der Waals surface area contributed by atoms with E-state index in [9.17, 15) is 0 Å². The van der Waals surface area contributed by atoms with Crippen molar-refractivity contribution in [2.75, 3.05) is 18.8 Å². The molecule has 0 saturated carbocycles. The molecule has 2 N–H and O–H groups in total. The van der Waals surface area contributed by atoms with Crippen molar-refractivity contribution < 1.29 is 0 Å². The molecule has 3 rings (SSSR count). The molecule has 3 heteroatoms. The first-order valence-electron chi connectivity index (χ1n) is 11.7. The van der Waals surface area contributed by atoms with Crippen molar-refractivity contribution in [1.82, 2.24) is 9.88 Å². The molecule has 1 fully saturated rings. The van der Waals surface area contributed by atoms with E-state index >= 15 is 0 Å². The van der Waals surface area contributed by atoms with Crippen LogP contribution in [-0.4, -0.2) is 23.0 Å². The summed E-state index contributed by atoms with van der Waals surface area (Å²) in [4.78, 5) is 7.24. The minimum atomic E-state index is 0.704. The Hall–Kier alpha value is -2.13. The molecule has 2 aromatic rings. The van der Waals surface area contributed by atoms with Gasteiger partial charge in [0.25, 0.3) is 0 Å². The Morgan fingerprint density at radius 1 is 1.07 bits per heavy atom. The summed E-state index contributed by atoms with van der Waals surface area (Å²) in [6.07, 6.45) is 9.18. The number of hydrogen-bond acceptors (Lipinski definition) is 3. The average Bonchev–Trinajstić information content (AvgIpc) is 3.20. The lowest BCUT2D eigenvalue weighted by Gasteiger charge is -2.18. The zero-order valence-electron chi connectivity index (χ0n) is 19.3. The molecule has 1 aliphatic heterocycles. The molecular formula is C27H39N3. The number of rotatable bonds is 10. The number of aryl methyl sites for hydroxylation is 2. The molecule has 1 aromatic carbocycles. The highest BCUT2D eigenvalue weighted by molar-refractivity contribution is 5.46. The van der Waals surface area contributed by atoms with E-state index in [-0.39, 0.29) is 0 Å². The van der Waals surface area contributed by atoms with Crippen LogP contribution in [0.15, 0.2) is 36.4 Å². The topological polar surface area (TPSA) is 42.1 Å². The molecular weight excluding hydrogens is 366 g/mol. The van der Waals surface area contributed by atoms with Gasteiger partial charge < -0.3 is 5.73 Å². The predicted molar refractivity (Wildman–Crippen MR) is 129 cm³/mol. The van der Waals surface area contributed by atoms with E-state index in [2.05, 4.69) is 61.5 Å². The van der Waals surface area contributed by atoms with Crippen LogP contribution in [0.2, 0.25) is 0 Å². The monoisotopic (exact) mass is 405 g/mol. The quantitative estimate of drug-likeness (QED) is 0.389. The number of nitrogen functional groups attached to an aromatic ring is 1. The van der Waals surface area contributed by atoms with E-state index in [1.165, 1.54) is 78.6 Å². The first kappa shape index (κ1) is 22.6. The van der Waals surface area contributed by atoms with Gasteiger partial charge in [0.15, 0.2) is 0 Å². The average molecular weight is 406 g/mol. The second-order valence-corrected chi connectivity index (χ2v) is 9.13. The molecule has 1 saturated heterocycles. The fourth-order valence-electron chi connectivity index (χ4n) is 4.50. The number of benzene rings is 1. The summed E-state index contributed by atoms with van der Waals surface area (Å²) in [7, 11) is 0. The van der Waals surface area contributed by atoms with E-state index in [1.54, 1.807) is 0 Å². The van der Waals surface area contributed by atoms with Crippen LogP contribution in [0.4, 0.5) is 5.82 Å². The van der Waals surface area contributed by atoms with Gasteiger partial charge in [0, 0.05) is 12.2 Å². The van der Waals surface area contributed by atoms with Crippen LogP contribution in [0, 0.1) is 6.92 Å². The Kier molecular flexibility index (Phi) is 8.09. The molecule has 162 valence electrons.